The van der Waals surface area contributed by atoms with Crippen molar-refractivity contribution in [3.05, 3.63) is 0 Å². The third-order valence-corrected chi connectivity index (χ3v) is 1.67. The van der Waals surface area contributed by atoms with E-state index in [1.165, 1.54) is 0 Å². The first kappa shape index (κ1) is 13.4. The van der Waals surface area contributed by atoms with Gasteiger partial charge >= 0.3 is 0 Å². The molecule has 0 aromatic heterocycles. The molecule has 1 heterocycles. The Morgan fingerprint density at radius 1 is 1.14 bits per heavy atom. The molecule has 1 rings (SSSR count). The molecule has 0 amide bonds. The molecular formula is C11H20O3. The third kappa shape index (κ3) is 4.10. The summed E-state index contributed by atoms with van der Waals surface area (Å²) in [6, 6.07) is 0. The van der Waals surface area contributed by atoms with Crippen molar-refractivity contribution in [3.63, 3.8) is 0 Å². The van der Waals surface area contributed by atoms with Crippen LogP contribution in [0, 0.1) is 11.8 Å². The van der Waals surface area contributed by atoms with Crippen molar-refractivity contribution in [1.82, 2.24) is 0 Å². The Labute approximate surface area is 86.4 Å². The van der Waals surface area contributed by atoms with Gasteiger partial charge in [-0.05, 0) is 20.8 Å². The highest BCUT2D eigenvalue weighted by Crippen LogP contribution is 2.22. The number of ether oxygens (including phenoxy) is 2. The maximum atomic E-state index is 9.68. The van der Waals surface area contributed by atoms with Crippen LogP contribution in [0.3, 0.4) is 0 Å². The molecule has 14 heavy (non-hydrogen) atoms. The average Bonchev–Trinajstić information content (AvgIpc) is 2.15. The Balaban J connectivity index is 0.000000791. The summed E-state index contributed by atoms with van der Waals surface area (Å²) in [5.74, 6) is 4.70. The molecule has 1 N–H and O–H groups in total. The Hall–Kier alpha value is -0.560. The zero-order valence-electron chi connectivity index (χ0n) is 9.68. The molecule has 3 nitrogen and oxygen atoms in total. The summed E-state index contributed by atoms with van der Waals surface area (Å²) in [5, 5.41) is 9.68. The second kappa shape index (κ2) is 5.35. The quantitative estimate of drug-likeness (QED) is 0.603. The topological polar surface area (TPSA) is 38.7 Å². The first-order valence-corrected chi connectivity index (χ1v) is 4.92. The molecule has 3 heteroatoms. The lowest BCUT2D eigenvalue weighted by molar-refractivity contribution is -0.288. The number of hydrogen-bond donors (Lipinski definition) is 1. The van der Waals surface area contributed by atoms with Crippen molar-refractivity contribution < 1.29 is 14.6 Å². The summed E-state index contributed by atoms with van der Waals surface area (Å²) in [4.78, 5) is 0. The van der Waals surface area contributed by atoms with E-state index in [2.05, 4.69) is 11.8 Å². The number of rotatable bonds is 0. The summed E-state index contributed by atoms with van der Waals surface area (Å²) in [5.41, 5.74) is -1.12. The largest absolute Gasteiger partial charge is 0.373 e. The van der Waals surface area contributed by atoms with Crippen molar-refractivity contribution in [1.29, 1.82) is 0 Å². The van der Waals surface area contributed by atoms with E-state index in [1.807, 2.05) is 27.7 Å². The zero-order chi connectivity index (χ0) is 11.2. The van der Waals surface area contributed by atoms with Crippen LogP contribution in [0.2, 0.25) is 0 Å². The van der Waals surface area contributed by atoms with Crippen molar-refractivity contribution in [2.75, 3.05) is 13.2 Å². The SMILES string of the molecule is CC.CC#CC1(O)COC(C)(C)OC1. The molecular weight excluding hydrogens is 180 g/mol. The highest BCUT2D eigenvalue weighted by molar-refractivity contribution is 5.13. The van der Waals surface area contributed by atoms with E-state index >= 15 is 0 Å². The summed E-state index contributed by atoms with van der Waals surface area (Å²) >= 11 is 0. The smallest absolute Gasteiger partial charge is 0.172 e. The van der Waals surface area contributed by atoms with Crippen molar-refractivity contribution in [3.8, 4) is 11.8 Å². The molecule has 0 radical (unpaired) electrons. The van der Waals surface area contributed by atoms with Crippen LogP contribution in [0.1, 0.15) is 34.6 Å². The van der Waals surface area contributed by atoms with Crippen LogP contribution < -0.4 is 0 Å². The molecule has 1 fully saturated rings. The average molecular weight is 200 g/mol. The minimum absolute atomic E-state index is 0.209. The maximum absolute atomic E-state index is 9.68. The van der Waals surface area contributed by atoms with Crippen LogP contribution in [0.25, 0.3) is 0 Å². The summed E-state index contributed by atoms with van der Waals surface area (Å²) in [6.07, 6.45) is 0. The molecule has 82 valence electrons. The van der Waals surface area contributed by atoms with Crippen molar-refractivity contribution in [2.45, 2.75) is 46.0 Å². The van der Waals surface area contributed by atoms with Gasteiger partial charge in [-0.3, -0.25) is 0 Å². The lowest BCUT2D eigenvalue weighted by Gasteiger charge is -2.37. The van der Waals surface area contributed by atoms with Gasteiger partial charge in [-0.1, -0.05) is 19.8 Å². The summed E-state index contributed by atoms with van der Waals surface area (Å²) < 4.78 is 10.5. The van der Waals surface area contributed by atoms with Gasteiger partial charge in [0.15, 0.2) is 11.4 Å². The van der Waals surface area contributed by atoms with Gasteiger partial charge in [-0.2, -0.15) is 0 Å². The maximum Gasteiger partial charge on any atom is 0.172 e. The molecule has 1 saturated heterocycles. The van der Waals surface area contributed by atoms with E-state index in [0.29, 0.717) is 0 Å². The molecule has 0 atom stereocenters. The fourth-order valence-electron chi connectivity index (χ4n) is 0.975. The predicted molar refractivity (Wildman–Crippen MR) is 55.7 cm³/mol. The van der Waals surface area contributed by atoms with Gasteiger partial charge in [0.2, 0.25) is 0 Å². The highest BCUT2D eigenvalue weighted by atomic mass is 16.7. The van der Waals surface area contributed by atoms with Gasteiger partial charge in [-0.15, -0.1) is 5.92 Å². The van der Waals surface area contributed by atoms with E-state index in [9.17, 15) is 5.11 Å². The van der Waals surface area contributed by atoms with Crippen molar-refractivity contribution >= 4 is 0 Å². The van der Waals surface area contributed by atoms with E-state index in [0.717, 1.165) is 0 Å². The molecule has 0 spiro atoms. The molecule has 0 aliphatic carbocycles. The second-order valence-electron chi connectivity index (χ2n) is 3.38. The minimum Gasteiger partial charge on any atom is -0.373 e. The first-order chi connectivity index (χ1) is 6.47. The van der Waals surface area contributed by atoms with Gasteiger partial charge in [0.25, 0.3) is 0 Å². The fourth-order valence-corrected chi connectivity index (χ4v) is 0.975. The molecule has 1 aliphatic rings. The van der Waals surface area contributed by atoms with Gasteiger partial charge in [-0.25, -0.2) is 0 Å². The fraction of sp³-hybridized carbons (Fsp3) is 0.818. The Morgan fingerprint density at radius 2 is 1.57 bits per heavy atom. The normalized spacial score (nSPS) is 22.4. The van der Waals surface area contributed by atoms with Gasteiger partial charge < -0.3 is 14.6 Å². The molecule has 0 bridgehead atoms. The first-order valence-electron chi connectivity index (χ1n) is 4.92. The Kier molecular flexibility index (Phi) is 5.14. The Bertz CT molecular complexity index is 212. The van der Waals surface area contributed by atoms with Gasteiger partial charge in [0, 0.05) is 0 Å². The Morgan fingerprint density at radius 3 is 1.93 bits per heavy atom. The molecule has 1 aliphatic heterocycles. The van der Waals surface area contributed by atoms with Crippen LogP contribution in [-0.2, 0) is 9.47 Å². The lowest BCUT2D eigenvalue weighted by atomic mass is 10.1. The van der Waals surface area contributed by atoms with Crippen LogP contribution in [0.5, 0.6) is 0 Å². The van der Waals surface area contributed by atoms with E-state index in [-0.39, 0.29) is 13.2 Å². The third-order valence-electron chi connectivity index (χ3n) is 1.67. The van der Waals surface area contributed by atoms with Crippen LogP contribution in [-0.4, -0.2) is 29.7 Å². The van der Waals surface area contributed by atoms with Gasteiger partial charge in [0.05, 0.1) is 13.2 Å². The van der Waals surface area contributed by atoms with Crippen LogP contribution >= 0.6 is 0 Å². The van der Waals surface area contributed by atoms with Crippen molar-refractivity contribution in [2.24, 2.45) is 0 Å². The molecule has 0 aromatic rings. The minimum atomic E-state index is -1.12. The van der Waals surface area contributed by atoms with Gasteiger partial charge in [0.1, 0.15) is 0 Å². The lowest BCUT2D eigenvalue weighted by Crippen LogP contribution is -2.50. The molecule has 0 saturated carbocycles. The van der Waals surface area contributed by atoms with E-state index < -0.39 is 11.4 Å². The van der Waals surface area contributed by atoms with E-state index in [4.69, 9.17) is 9.47 Å². The number of hydrogen-bond acceptors (Lipinski definition) is 3. The van der Waals surface area contributed by atoms with Crippen LogP contribution in [0.4, 0.5) is 0 Å². The highest BCUT2D eigenvalue weighted by Gasteiger charge is 2.36. The second-order valence-corrected chi connectivity index (χ2v) is 3.38. The predicted octanol–water partition coefficient (Wildman–Crippen LogP) is 1.55. The van der Waals surface area contributed by atoms with Crippen LogP contribution in [0.15, 0.2) is 0 Å². The monoisotopic (exact) mass is 200 g/mol. The number of aliphatic hydroxyl groups is 1. The standard InChI is InChI=1S/C9H14O3.C2H6/c1-4-5-9(10)6-11-8(2,3)12-7-9;1-2/h10H,6-7H2,1-3H3;1-2H3. The van der Waals surface area contributed by atoms with E-state index in [1.54, 1.807) is 6.92 Å². The molecule has 0 aromatic carbocycles. The summed E-state index contributed by atoms with van der Waals surface area (Å²) in [7, 11) is 0. The summed E-state index contributed by atoms with van der Waals surface area (Å²) in [6.45, 7) is 9.72. The zero-order valence-corrected chi connectivity index (χ0v) is 9.68. The molecule has 0 unspecified atom stereocenters.